The summed E-state index contributed by atoms with van der Waals surface area (Å²) < 4.78 is 31.7. The molecule has 0 N–H and O–H groups in total. The average Bonchev–Trinajstić information content (AvgIpc) is 3.35. The van der Waals surface area contributed by atoms with Crippen molar-refractivity contribution in [2.45, 2.75) is 6.92 Å². The van der Waals surface area contributed by atoms with Gasteiger partial charge in [0.05, 0.1) is 51.8 Å². The maximum absolute atomic E-state index is 12.4. The van der Waals surface area contributed by atoms with Gasteiger partial charge in [0.25, 0.3) is 5.89 Å². The number of carbonyl (C=O) groups excluding carboxylic acids is 1. The second-order valence-electron chi connectivity index (χ2n) is 7.28. The van der Waals surface area contributed by atoms with Crippen LogP contribution in [0.25, 0.3) is 22.8 Å². The van der Waals surface area contributed by atoms with Crippen LogP contribution in [0.1, 0.15) is 15.9 Å². The molecule has 0 unspecified atom stereocenters. The van der Waals surface area contributed by atoms with Crippen LogP contribution < -0.4 is 0 Å². The first kappa shape index (κ1) is 25.5. The van der Waals surface area contributed by atoms with Crippen LogP contribution in [0.3, 0.4) is 0 Å². The number of hydrogen-bond donors (Lipinski definition) is 0. The van der Waals surface area contributed by atoms with E-state index in [4.69, 9.17) is 28.2 Å². The lowest BCUT2D eigenvalue weighted by Gasteiger charge is -2.08. The molecule has 0 aliphatic heterocycles. The van der Waals surface area contributed by atoms with Crippen LogP contribution in [-0.4, -0.2) is 76.1 Å². The Hall–Kier alpha value is -3.11. The van der Waals surface area contributed by atoms with Gasteiger partial charge >= 0.3 is 5.97 Å². The Kier molecular flexibility index (Phi) is 10.7. The molecular formula is C25H30N2O7. The highest BCUT2D eigenvalue weighted by atomic mass is 16.6. The second kappa shape index (κ2) is 14.2. The largest absolute Gasteiger partial charge is 0.460 e. The summed E-state index contributed by atoms with van der Waals surface area (Å²) >= 11 is 0. The summed E-state index contributed by atoms with van der Waals surface area (Å²) in [5, 5.41) is 4.06. The fraction of sp³-hybridized carbons (Fsp3) is 0.400. The summed E-state index contributed by atoms with van der Waals surface area (Å²) in [4.78, 5) is 16.9. The molecule has 0 atom stereocenters. The highest BCUT2D eigenvalue weighted by Gasteiger charge is 2.14. The monoisotopic (exact) mass is 470 g/mol. The number of rotatable bonds is 15. The quantitative estimate of drug-likeness (QED) is 0.244. The number of aryl methyl sites for hydroxylation is 1. The van der Waals surface area contributed by atoms with E-state index in [1.807, 2.05) is 37.3 Å². The smallest absolute Gasteiger partial charge is 0.338 e. The Balaban J connectivity index is 1.38. The molecule has 0 aliphatic carbocycles. The number of benzene rings is 2. The van der Waals surface area contributed by atoms with Crippen molar-refractivity contribution in [1.29, 1.82) is 0 Å². The molecular weight excluding hydrogens is 440 g/mol. The van der Waals surface area contributed by atoms with E-state index in [0.717, 1.165) is 11.1 Å². The Morgan fingerprint density at radius 3 is 2.24 bits per heavy atom. The molecule has 0 saturated heterocycles. The summed E-state index contributed by atoms with van der Waals surface area (Å²) in [6.45, 7) is 5.37. The maximum atomic E-state index is 12.4. The van der Waals surface area contributed by atoms with Crippen LogP contribution in [0.2, 0.25) is 0 Å². The zero-order chi connectivity index (χ0) is 24.0. The van der Waals surface area contributed by atoms with Crippen LogP contribution in [-0.2, 0) is 23.7 Å². The van der Waals surface area contributed by atoms with Crippen LogP contribution >= 0.6 is 0 Å². The highest BCUT2D eigenvalue weighted by Crippen LogP contribution is 2.25. The number of methoxy groups -OCH3 is 1. The molecule has 0 aliphatic rings. The Morgan fingerprint density at radius 1 is 0.853 bits per heavy atom. The van der Waals surface area contributed by atoms with Gasteiger partial charge in [-0.25, -0.2) is 4.79 Å². The molecule has 2 aromatic carbocycles. The molecule has 3 rings (SSSR count). The molecule has 182 valence electrons. The number of ether oxygens (including phenoxy) is 5. The van der Waals surface area contributed by atoms with E-state index in [1.54, 1.807) is 25.3 Å². The molecule has 0 radical (unpaired) electrons. The third-order valence-corrected chi connectivity index (χ3v) is 4.79. The van der Waals surface area contributed by atoms with E-state index in [-0.39, 0.29) is 13.2 Å². The third kappa shape index (κ3) is 8.03. The summed E-state index contributed by atoms with van der Waals surface area (Å²) in [6, 6.07) is 14.7. The molecule has 9 heteroatoms. The zero-order valence-corrected chi connectivity index (χ0v) is 19.5. The molecule has 3 aromatic rings. The van der Waals surface area contributed by atoms with Gasteiger partial charge in [-0.3, -0.25) is 0 Å². The zero-order valence-electron chi connectivity index (χ0n) is 19.5. The van der Waals surface area contributed by atoms with Gasteiger partial charge in [-0.2, -0.15) is 4.98 Å². The van der Waals surface area contributed by atoms with E-state index in [1.165, 1.54) is 0 Å². The molecule has 9 nitrogen and oxygen atoms in total. The van der Waals surface area contributed by atoms with E-state index in [2.05, 4.69) is 10.1 Å². The average molecular weight is 471 g/mol. The standard InChI is InChI=1S/C25H30N2O7/c1-19-6-3-4-9-22(19)24-26-23(27-34-24)20-7-5-8-21(18-20)25(28)33-17-16-32-15-14-31-13-12-30-11-10-29-2/h3-9,18H,10-17H2,1-2H3. The minimum atomic E-state index is -0.447. The highest BCUT2D eigenvalue weighted by molar-refractivity contribution is 5.90. The Bertz CT molecular complexity index is 1020. The molecule has 1 aromatic heterocycles. The SMILES string of the molecule is COCCOCCOCCOCCOC(=O)c1cccc(-c2noc(-c3ccccc3C)n2)c1. The minimum absolute atomic E-state index is 0.142. The summed E-state index contributed by atoms with van der Waals surface area (Å²) in [7, 11) is 1.63. The summed E-state index contributed by atoms with van der Waals surface area (Å²) in [5.41, 5.74) is 2.97. The number of nitrogens with zero attached hydrogens (tertiary/aromatic N) is 2. The first-order valence-electron chi connectivity index (χ1n) is 11.1. The first-order chi connectivity index (χ1) is 16.7. The van der Waals surface area contributed by atoms with Crippen molar-refractivity contribution in [3.63, 3.8) is 0 Å². The van der Waals surface area contributed by atoms with Gasteiger partial charge in [0.1, 0.15) is 6.61 Å². The molecule has 0 saturated carbocycles. The van der Waals surface area contributed by atoms with Gasteiger partial charge in [0, 0.05) is 18.2 Å². The second-order valence-corrected chi connectivity index (χ2v) is 7.28. The predicted octanol–water partition coefficient (Wildman–Crippen LogP) is 3.57. The molecule has 0 fully saturated rings. The lowest BCUT2D eigenvalue weighted by molar-refractivity contribution is -0.00551. The van der Waals surface area contributed by atoms with Crippen molar-refractivity contribution in [2.75, 3.05) is 60.0 Å². The Morgan fingerprint density at radius 2 is 1.53 bits per heavy atom. The first-order valence-corrected chi connectivity index (χ1v) is 11.1. The fourth-order valence-corrected chi connectivity index (χ4v) is 3.01. The number of aromatic nitrogens is 2. The number of carbonyl (C=O) groups is 1. The van der Waals surface area contributed by atoms with E-state index in [0.29, 0.717) is 62.5 Å². The Labute approximate surface area is 198 Å². The van der Waals surface area contributed by atoms with Crippen molar-refractivity contribution in [3.05, 3.63) is 59.7 Å². The minimum Gasteiger partial charge on any atom is -0.460 e. The molecule has 0 bridgehead atoms. The van der Waals surface area contributed by atoms with Gasteiger partial charge < -0.3 is 28.2 Å². The van der Waals surface area contributed by atoms with E-state index >= 15 is 0 Å². The van der Waals surface area contributed by atoms with Crippen molar-refractivity contribution in [1.82, 2.24) is 10.1 Å². The third-order valence-electron chi connectivity index (χ3n) is 4.79. The van der Waals surface area contributed by atoms with Crippen molar-refractivity contribution >= 4 is 5.97 Å². The molecule has 34 heavy (non-hydrogen) atoms. The maximum Gasteiger partial charge on any atom is 0.338 e. The van der Waals surface area contributed by atoms with Crippen LogP contribution in [0.4, 0.5) is 0 Å². The molecule has 1 heterocycles. The van der Waals surface area contributed by atoms with Gasteiger partial charge in [-0.05, 0) is 30.7 Å². The van der Waals surface area contributed by atoms with Gasteiger partial charge in [0.15, 0.2) is 0 Å². The van der Waals surface area contributed by atoms with Crippen molar-refractivity contribution < 1.29 is 33.0 Å². The number of esters is 1. The van der Waals surface area contributed by atoms with Crippen molar-refractivity contribution in [3.8, 4) is 22.8 Å². The summed E-state index contributed by atoms with van der Waals surface area (Å²) in [6.07, 6.45) is 0. The molecule has 0 amide bonds. The normalized spacial score (nSPS) is 11.0. The van der Waals surface area contributed by atoms with Gasteiger partial charge in [-0.15, -0.1) is 0 Å². The lowest BCUT2D eigenvalue weighted by Crippen LogP contribution is -2.14. The predicted molar refractivity (Wildman–Crippen MR) is 125 cm³/mol. The molecule has 0 spiro atoms. The summed E-state index contributed by atoms with van der Waals surface area (Å²) in [5.74, 6) is 0.388. The van der Waals surface area contributed by atoms with Gasteiger partial charge in [-0.1, -0.05) is 35.5 Å². The van der Waals surface area contributed by atoms with Crippen LogP contribution in [0, 0.1) is 6.92 Å². The number of hydrogen-bond acceptors (Lipinski definition) is 9. The van der Waals surface area contributed by atoms with E-state index in [9.17, 15) is 4.79 Å². The van der Waals surface area contributed by atoms with Crippen molar-refractivity contribution in [2.24, 2.45) is 0 Å². The van der Waals surface area contributed by atoms with Crippen LogP contribution in [0.5, 0.6) is 0 Å². The van der Waals surface area contributed by atoms with E-state index < -0.39 is 5.97 Å². The fourth-order valence-electron chi connectivity index (χ4n) is 3.01. The topological polar surface area (TPSA) is 102 Å². The lowest BCUT2D eigenvalue weighted by atomic mass is 10.1. The van der Waals surface area contributed by atoms with Gasteiger partial charge in [0.2, 0.25) is 5.82 Å². The van der Waals surface area contributed by atoms with Crippen LogP contribution in [0.15, 0.2) is 53.1 Å².